The van der Waals surface area contributed by atoms with Crippen LogP contribution in [0, 0.1) is 0 Å². The van der Waals surface area contributed by atoms with Gasteiger partial charge in [0.1, 0.15) is 0 Å². The maximum Gasteiger partial charge on any atom is 0.339 e. The normalized spacial score (nSPS) is 10.3. The third kappa shape index (κ3) is 4.61. The summed E-state index contributed by atoms with van der Waals surface area (Å²) < 4.78 is 5.04. The third-order valence-corrected chi connectivity index (χ3v) is 3.66. The van der Waals surface area contributed by atoms with Gasteiger partial charge in [0.15, 0.2) is 0 Å². The highest BCUT2D eigenvalue weighted by Gasteiger charge is 2.13. The van der Waals surface area contributed by atoms with Crippen molar-refractivity contribution in [2.24, 2.45) is 0 Å². The van der Waals surface area contributed by atoms with Crippen molar-refractivity contribution in [2.45, 2.75) is 38.0 Å². The molecule has 3 nitrogen and oxygen atoms in total. The number of unbranched alkanes of at least 4 members (excludes halogenated alkanes) is 2. The monoisotopic (exact) mass is 267 g/mol. The molecule has 0 aliphatic rings. The molecule has 0 amide bonds. The fourth-order valence-electron chi connectivity index (χ4n) is 1.58. The van der Waals surface area contributed by atoms with Gasteiger partial charge in [-0.2, -0.15) is 0 Å². The lowest BCUT2D eigenvalue weighted by Crippen LogP contribution is -2.07. The minimum atomic E-state index is -0.289. The summed E-state index contributed by atoms with van der Waals surface area (Å²) in [6.45, 7) is 4.36. The zero-order chi connectivity index (χ0) is 13.4. The van der Waals surface area contributed by atoms with Crippen LogP contribution in [0.3, 0.4) is 0 Å². The molecule has 0 aromatic heterocycles. The van der Waals surface area contributed by atoms with Crippen LogP contribution in [0.2, 0.25) is 0 Å². The number of esters is 1. The first-order valence-corrected chi connectivity index (χ1v) is 7.37. The lowest BCUT2D eigenvalue weighted by Gasteiger charge is -2.09. The van der Waals surface area contributed by atoms with Crippen LogP contribution in [0.1, 0.15) is 43.5 Å². The zero-order valence-electron chi connectivity index (χ0n) is 11.1. The number of carbonyl (C=O) groups is 1. The average Bonchev–Trinajstić information content (AvgIpc) is 2.36. The topological polar surface area (TPSA) is 52.3 Å². The second-order valence-electron chi connectivity index (χ2n) is 4.03. The number of nitrogens with two attached hydrogens (primary N) is 1. The van der Waals surface area contributed by atoms with Crippen LogP contribution in [-0.2, 0) is 4.74 Å². The van der Waals surface area contributed by atoms with Crippen LogP contribution in [0.15, 0.2) is 23.1 Å². The minimum absolute atomic E-state index is 0.289. The molecule has 0 fully saturated rings. The molecular formula is C14H21NO2S. The van der Waals surface area contributed by atoms with E-state index in [1.807, 2.05) is 12.1 Å². The first-order valence-electron chi connectivity index (χ1n) is 6.38. The molecule has 0 bridgehead atoms. The highest BCUT2D eigenvalue weighted by atomic mass is 32.2. The molecule has 0 atom stereocenters. The number of benzene rings is 1. The van der Waals surface area contributed by atoms with Gasteiger partial charge in [-0.1, -0.05) is 19.8 Å². The fraction of sp³-hybridized carbons (Fsp3) is 0.500. The Morgan fingerprint density at radius 2 is 2.11 bits per heavy atom. The van der Waals surface area contributed by atoms with E-state index < -0.39 is 0 Å². The number of carbonyl (C=O) groups excluding carboxylic acids is 1. The Morgan fingerprint density at radius 3 is 2.78 bits per heavy atom. The van der Waals surface area contributed by atoms with E-state index in [4.69, 9.17) is 10.5 Å². The Kier molecular flexibility index (Phi) is 6.65. The van der Waals surface area contributed by atoms with Crippen LogP contribution >= 0.6 is 11.8 Å². The molecule has 0 spiro atoms. The van der Waals surface area contributed by atoms with Gasteiger partial charge in [-0.3, -0.25) is 0 Å². The van der Waals surface area contributed by atoms with Crippen molar-refractivity contribution in [2.75, 3.05) is 18.1 Å². The van der Waals surface area contributed by atoms with Gasteiger partial charge in [-0.15, -0.1) is 11.8 Å². The quantitative estimate of drug-likeness (QED) is 0.354. The average molecular weight is 267 g/mol. The summed E-state index contributed by atoms with van der Waals surface area (Å²) in [5.74, 6) is 0.729. The standard InChI is InChI=1S/C14H21NO2S/c1-3-5-6-9-18-13-8-7-11(15)10-12(13)14(16)17-4-2/h7-8,10H,3-6,9,15H2,1-2H3. The van der Waals surface area contributed by atoms with Crippen LogP contribution in [-0.4, -0.2) is 18.3 Å². The summed E-state index contributed by atoms with van der Waals surface area (Å²) in [6, 6.07) is 5.42. The zero-order valence-corrected chi connectivity index (χ0v) is 11.9. The first-order chi connectivity index (χ1) is 8.69. The molecule has 1 rings (SSSR count). The Hall–Kier alpha value is -1.16. The fourth-order valence-corrected chi connectivity index (χ4v) is 2.61. The molecular weight excluding hydrogens is 246 g/mol. The van der Waals surface area contributed by atoms with Gasteiger partial charge < -0.3 is 10.5 Å². The molecule has 18 heavy (non-hydrogen) atoms. The number of thioether (sulfide) groups is 1. The SMILES string of the molecule is CCCCCSc1ccc(N)cc1C(=O)OCC. The maximum absolute atomic E-state index is 11.8. The van der Waals surface area contributed by atoms with Crippen LogP contribution in [0.25, 0.3) is 0 Å². The van der Waals surface area contributed by atoms with Gasteiger partial charge in [0.25, 0.3) is 0 Å². The summed E-state index contributed by atoms with van der Waals surface area (Å²) in [5, 5.41) is 0. The molecule has 2 N–H and O–H groups in total. The highest BCUT2D eigenvalue weighted by molar-refractivity contribution is 7.99. The lowest BCUT2D eigenvalue weighted by atomic mass is 10.2. The Bertz CT molecular complexity index is 393. The van der Waals surface area contributed by atoms with Gasteiger partial charge in [-0.05, 0) is 37.3 Å². The van der Waals surface area contributed by atoms with E-state index in [0.717, 1.165) is 17.1 Å². The van der Waals surface area contributed by atoms with Crippen molar-refractivity contribution in [3.8, 4) is 0 Å². The molecule has 0 aliphatic carbocycles. The smallest absolute Gasteiger partial charge is 0.339 e. The molecule has 0 radical (unpaired) electrons. The van der Waals surface area contributed by atoms with Crippen molar-refractivity contribution in [3.05, 3.63) is 23.8 Å². The minimum Gasteiger partial charge on any atom is -0.462 e. The maximum atomic E-state index is 11.8. The predicted molar refractivity (Wildman–Crippen MR) is 77.1 cm³/mol. The van der Waals surface area contributed by atoms with E-state index in [-0.39, 0.29) is 5.97 Å². The first kappa shape index (κ1) is 14.9. The summed E-state index contributed by atoms with van der Waals surface area (Å²) >= 11 is 1.69. The van der Waals surface area contributed by atoms with Crippen LogP contribution < -0.4 is 5.73 Å². The summed E-state index contributed by atoms with van der Waals surface area (Å²) in [5.41, 5.74) is 6.90. The number of rotatable bonds is 7. The second-order valence-corrected chi connectivity index (χ2v) is 5.17. The van der Waals surface area contributed by atoms with Crippen LogP contribution in [0.4, 0.5) is 5.69 Å². The molecule has 0 saturated heterocycles. The van der Waals surface area contributed by atoms with E-state index in [0.29, 0.717) is 17.9 Å². The van der Waals surface area contributed by atoms with Crippen molar-refractivity contribution in [1.82, 2.24) is 0 Å². The van der Waals surface area contributed by atoms with Crippen molar-refractivity contribution >= 4 is 23.4 Å². The number of ether oxygens (including phenoxy) is 1. The van der Waals surface area contributed by atoms with Gasteiger partial charge in [0.05, 0.1) is 12.2 Å². The van der Waals surface area contributed by atoms with Crippen molar-refractivity contribution < 1.29 is 9.53 Å². The molecule has 100 valence electrons. The molecule has 1 aromatic carbocycles. The predicted octanol–water partition coefficient (Wildman–Crippen LogP) is 3.73. The van der Waals surface area contributed by atoms with Gasteiger partial charge in [-0.25, -0.2) is 4.79 Å². The molecule has 0 saturated carbocycles. The van der Waals surface area contributed by atoms with Crippen molar-refractivity contribution in [1.29, 1.82) is 0 Å². The Balaban J connectivity index is 2.73. The number of hydrogen-bond acceptors (Lipinski definition) is 4. The summed E-state index contributed by atoms with van der Waals surface area (Å²) in [6.07, 6.45) is 3.58. The Labute approximate surface area is 113 Å². The second kappa shape index (κ2) is 8.03. The van der Waals surface area contributed by atoms with Crippen LogP contribution in [0.5, 0.6) is 0 Å². The summed E-state index contributed by atoms with van der Waals surface area (Å²) in [4.78, 5) is 12.8. The number of nitrogen functional groups attached to an aromatic ring is 1. The van der Waals surface area contributed by atoms with Gasteiger partial charge >= 0.3 is 5.97 Å². The van der Waals surface area contributed by atoms with Crippen molar-refractivity contribution in [3.63, 3.8) is 0 Å². The van der Waals surface area contributed by atoms with Gasteiger partial charge in [0.2, 0.25) is 0 Å². The van der Waals surface area contributed by atoms with E-state index >= 15 is 0 Å². The lowest BCUT2D eigenvalue weighted by molar-refractivity contribution is 0.0522. The molecule has 0 aliphatic heterocycles. The number of anilines is 1. The Morgan fingerprint density at radius 1 is 1.33 bits per heavy atom. The van der Waals surface area contributed by atoms with Gasteiger partial charge in [0, 0.05) is 10.6 Å². The highest BCUT2D eigenvalue weighted by Crippen LogP contribution is 2.26. The molecule has 0 unspecified atom stereocenters. The molecule has 4 heteroatoms. The molecule has 0 heterocycles. The molecule has 1 aromatic rings. The largest absolute Gasteiger partial charge is 0.462 e. The summed E-state index contributed by atoms with van der Waals surface area (Å²) in [7, 11) is 0. The third-order valence-electron chi connectivity index (χ3n) is 2.50. The van der Waals surface area contributed by atoms with E-state index in [1.54, 1.807) is 24.8 Å². The van der Waals surface area contributed by atoms with E-state index in [2.05, 4.69) is 6.92 Å². The van der Waals surface area contributed by atoms with E-state index in [9.17, 15) is 4.79 Å². The number of hydrogen-bond donors (Lipinski definition) is 1. The van der Waals surface area contributed by atoms with E-state index in [1.165, 1.54) is 12.8 Å².